The first kappa shape index (κ1) is 24.7. The summed E-state index contributed by atoms with van der Waals surface area (Å²) in [6, 6.07) is 30.5. The lowest BCUT2D eigenvalue weighted by molar-refractivity contribution is 0.0785. The second-order valence-electron chi connectivity index (χ2n) is 10.1. The molecule has 1 amide bonds. The van der Waals surface area contributed by atoms with Crippen molar-refractivity contribution in [2.24, 2.45) is 0 Å². The van der Waals surface area contributed by atoms with Crippen molar-refractivity contribution >= 4 is 16.7 Å². The van der Waals surface area contributed by atoms with Gasteiger partial charge in [-0.2, -0.15) is 5.26 Å². The van der Waals surface area contributed by atoms with Crippen molar-refractivity contribution < 1.29 is 4.79 Å². The first-order chi connectivity index (χ1) is 18.1. The molecular weight excluding hydrogens is 454 g/mol. The fourth-order valence-electron chi connectivity index (χ4n) is 5.28. The zero-order valence-corrected chi connectivity index (χ0v) is 21.5. The molecule has 0 atom stereocenters. The number of amides is 1. The van der Waals surface area contributed by atoms with Gasteiger partial charge in [0.05, 0.1) is 11.6 Å². The lowest BCUT2D eigenvalue weighted by Gasteiger charge is -2.21. The molecule has 0 aliphatic carbocycles. The highest BCUT2D eigenvalue weighted by atomic mass is 16.2. The highest BCUT2D eigenvalue weighted by Crippen LogP contribution is 2.25. The van der Waals surface area contributed by atoms with Crippen molar-refractivity contribution in [1.82, 2.24) is 9.80 Å². The molecule has 37 heavy (non-hydrogen) atoms. The minimum absolute atomic E-state index is 0.00108. The molecule has 1 fully saturated rings. The van der Waals surface area contributed by atoms with Crippen LogP contribution >= 0.6 is 0 Å². The number of nitriles is 1. The summed E-state index contributed by atoms with van der Waals surface area (Å²) in [5.74, 6) is 0.00108. The zero-order chi connectivity index (χ0) is 25.6. The van der Waals surface area contributed by atoms with E-state index in [-0.39, 0.29) is 5.91 Å². The minimum Gasteiger partial charge on any atom is -0.337 e. The fourth-order valence-corrected chi connectivity index (χ4v) is 5.28. The van der Waals surface area contributed by atoms with Gasteiger partial charge in [-0.3, -0.25) is 9.69 Å². The summed E-state index contributed by atoms with van der Waals surface area (Å²) >= 11 is 0. The Morgan fingerprint density at radius 1 is 0.865 bits per heavy atom. The quantitative estimate of drug-likeness (QED) is 0.293. The van der Waals surface area contributed by atoms with Gasteiger partial charge in [-0.1, -0.05) is 67.4 Å². The van der Waals surface area contributed by atoms with Gasteiger partial charge >= 0.3 is 0 Å². The Morgan fingerprint density at radius 2 is 1.54 bits per heavy atom. The second kappa shape index (κ2) is 11.4. The van der Waals surface area contributed by atoms with Gasteiger partial charge < -0.3 is 4.90 Å². The van der Waals surface area contributed by atoms with Crippen LogP contribution in [0.15, 0.2) is 84.9 Å². The number of hydrogen-bond acceptors (Lipinski definition) is 3. The number of fused-ring (bicyclic) bond motifs is 1. The van der Waals surface area contributed by atoms with Crippen LogP contribution in [0.25, 0.3) is 21.9 Å². The van der Waals surface area contributed by atoms with Crippen LogP contribution in [-0.4, -0.2) is 35.8 Å². The molecular formula is C33H33N3O. The van der Waals surface area contributed by atoms with Gasteiger partial charge in [-0.25, -0.2) is 0 Å². The molecule has 0 spiro atoms. The Morgan fingerprint density at radius 3 is 2.22 bits per heavy atom. The summed E-state index contributed by atoms with van der Waals surface area (Å²) in [5, 5.41) is 11.4. The van der Waals surface area contributed by atoms with Crippen LogP contribution < -0.4 is 0 Å². The number of carbonyl (C=O) groups is 1. The van der Waals surface area contributed by atoms with E-state index in [1.54, 1.807) is 4.90 Å². The van der Waals surface area contributed by atoms with Gasteiger partial charge in [0.25, 0.3) is 5.91 Å². The summed E-state index contributed by atoms with van der Waals surface area (Å²) in [7, 11) is 1.86. The average molecular weight is 488 g/mol. The summed E-state index contributed by atoms with van der Waals surface area (Å²) in [6.45, 7) is 3.95. The predicted octanol–water partition coefficient (Wildman–Crippen LogP) is 7.03. The topological polar surface area (TPSA) is 47.3 Å². The van der Waals surface area contributed by atoms with Crippen molar-refractivity contribution in [2.45, 2.75) is 38.8 Å². The van der Waals surface area contributed by atoms with Crippen molar-refractivity contribution in [3.63, 3.8) is 0 Å². The number of carbonyl (C=O) groups excluding carboxylic acids is 1. The van der Waals surface area contributed by atoms with Gasteiger partial charge in [0, 0.05) is 25.7 Å². The third kappa shape index (κ3) is 5.90. The molecule has 0 saturated carbocycles. The maximum atomic E-state index is 13.2. The van der Waals surface area contributed by atoms with Crippen LogP contribution in [-0.2, 0) is 13.1 Å². The van der Waals surface area contributed by atoms with Gasteiger partial charge in [0.15, 0.2) is 0 Å². The van der Waals surface area contributed by atoms with E-state index in [1.165, 1.54) is 55.1 Å². The predicted molar refractivity (Wildman–Crippen MR) is 150 cm³/mol. The fraction of sp³-hybridized carbons (Fsp3) is 0.273. The van der Waals surface area contributed by atoms with E-state index in [2.05, 4.69) is 47.4 Å². The highest BCUT2D eigenvalue weighted by molar-refractivity contribution is 5.95. The molecule has 5 rings (SSSR count). The molecule has 4 nitrogen and oxygen atoms in total. The first-order valence-corrected chi connectivity index (χ1v) is 13.2. The molecule has 1 aliphatic heterocycles. The van der Waals surface area contributed by atoms with E-state index in [9.17, 15) is 4.79 Å². The van der Waals surface area contributed by atoms with E-state index >= 15 is 0 Å². The molecule has 4 aromatic rings. The van der Waals surface area contributed by atoms with Crippen molar-refractivity contribution in [2.75, 3.05) is 20.1 Å². The maximum absolute atomic E-state index is 13.2. The van der Waals surface area contributed by atoms with Crippen molar-refractivity contribution in [3.8, 4) is 17.2 Å². The van der Waals surface area contributed by atoms with E-state index in [4.69, 9.17) is 5.26 Å². The molecule has 0 N–H and O–H groups in total. The molecule has 1 heterocycles. The Hall–Kier alpha value is -3.94. The van der Waals surface area contributed by atoms with Crippen LogP contribution in [0, 0.1) is 11.3 Å². The summed E-state index contributed by atoms with van der Waals surface area (Å²) in [4.78, 5) is 17.6. The third-order valence-electron chi connectivity index (χ3n) is 7.37. The standard InChI is InChI=1S/C33H33N3O/c1-35(33(37)29-16-14-28(15-17-29)27-12-9-25(22-34)10-13-27)24-31-8-6-7-30-21-26(11-18-32(30)31)23-36-19-4-2-3-5-20-36/h6-18,21H,2-5,19-20,23-24H2,1H3. The normalized spacial score (nSPS) is 14.2. The zero-order valence-electron chi connectivity index (χ0n) is 21.5. The molecule has 0 bridgehead atoms. The Labute approximate surface area is 219 Å². The molecule has 0 aromatic heterocycles. The number of nitrogens with zero attached hydrogens (tertiary/aromatic N) is 3. The largest absolute Gasteiger partial charge is 0.337 e. The average Bonchev–Trinajstić information content (AvgIpc) is 3.21. The van der Waals surface area contributed by atoms with E-state index in [1.807, 2.05) is 55.6 Å². The Bertz CT molecular complexity index is 1410. The third-order valence-corrected chi connectivity index (χ3v) is 7.37. The summed E-state index contributed by atoms with van der Waals surface area (Å²) in [5.41, 5.74) is 5.87. The van der Waals surface area contributed by atoms with Crippen LogP contribution in [0.2, 0.25) is 0 Å². The minimum atomic E-state index is 0.00108. The van der Waals surface area contributed by atoms with E-state index in [0.29, 0.717) is 17.7 Å². The molecule has 186 valence electrons. The SMILES string of the molecule is CN(Cc1cccc2cc(CN3CCCCCC3)ccc12)C(=O)c1ccc(-c2ccc(C#N)cc2)cc1. The van der Waals surface area contributed by atoms with Crippen LogP contribution in [0.4, 0.5) is 0 Å². The number of likely N-dealkylation sites (tertiary alicyclic amines) is 1. The maximum Gasteiger partial charge on any atom is 0.253 e. The van der Waals surface area contributed by atoms with E-state index in [0.717, 1.165) is 23.2 Å². The molecule has 4 aromatic carbocycles. The molecule has 1 saturated heterocycles. The number of benzene rings is 4. The highest BCUT2D eigenvalue weighted by Gasteiger charge is 2.15. The molecule has 0 radical (unpaired) electrons. The van der Waals surface area contributed by atoms with Crippen LogP contribution in [0.5, 0.6) is 0 Å². The summed E-state index contributed by atoms with van der Waals surface area (Å²) in [6.07, 6.45) is 5.31. The van der Waals surface area contributed by atoms with Crippen molar-refractivity contribution in [1.29, 1.82) is 5.26 Å². The van der Waals surface area contributed by atoms with Crippen LogP contribution in [0.1, 0.15) is 52.7 Å². The number of hydrogen-bond donors (Lipinski definition) is 0. The smallest absolute Gasteiger partial charge is 0.253 e. The van der Waals surface area contributed by atoms with Gasteiger partial charge in [-0.15, -0.1) is 0 Å². The summed E-state index contributed by atoms with van der Waals surface area (Å²) < 4.78 is 0. The lowest BCUT2D eigenvalue weighted by Crippen LogP contribution is -2.26. The second-order valence-corrected chi connectivity index (χ2v) is 10.1. The van der Waals surface area contributed by atoms with Crippen molar-refractivity contribution in [3.05, 3.63) is 107 Å². The monoisotopic (exact) mass is 487 g/mol. The van der Waals surface area contributed by atoms with E-state index < -0.39 is 0 Å². The molecule has 1 aliphatic rings. The van der Waals surface area contributed by atoms with Gasteiger partial charge in [0.1, 0.15) is 0 Å². The molecule has 0 unspecified atom stereocenters. The first-order valence-electron chi connectivity index (χ1n) is 13.2. The number of rotatable bonds is 6. The Balaban J connectivity index is 1.27. The van der Waals surface area contributed by atoms with Crippen LogP contribution in [0.3, 0.4) is 0 Å². The van der Waals surface area contributed by atoms with Gasteiger partial charge in [-0.05, 0) is 89.3 Å². The van der Waals surface area contributed by atoms with Gasteiger partial charge in [0.2, 0.25) is 0 Å². The molecule has 4 heteroatoms. The Kier molecular flexibility index (Phi) is 7.63. The lowest BCUT2D eigenvalue weighted by atomic mass is 10.0.